The number of H-pyrrole nitrogens is 1. The molecule has 0 spiro atoms. The van der Waals surface area contributed by atoms with Gasteiger partial charge in [-0.1, -0.05) is 0 Å². The zero-order valence-corrected chi connectivity index (χ0v) is 13.8. The number of nitrogens with one attached hydrogen (secondary N) is 1. The lowest BCUT2D eigenvalue weighted by Crippen LogP contribution is -2.26. The lowest BCUT2D eigenvalue weighted by Gasteiger charge is -2.16. The van der Waals surface area contributed by atoms with Gasteiger partial charge < -0.3 is 9.88 Å². The lowest BCUT2D eigenvalue weighted by molar-refractivity contribution is 0.0783. The van der Waals surface area contributed by atoms with Crippen molar-refractivity contribution in [1.29, 1.82) is 0 Å². The number of carbonyl (C=O) groups is 1. The van der Waals surface area contributed by atoms with E-state index in [1.165, 1.54) is 12.1 Å². The number of benzene rings is 1. The Balaban J connectivity index is 1.58. The molecule has 0 fully saturated rings. The fourth-order valence-corrected chi connectivity index (χ4v) is 2.94. The van der Waals surface area contributed by atoms with E-state index in [1.54, 1.807) is 41.2 Å². The number of pyridine rings is 1. The molecule has 0 aliphatic carbocycles. The van der Waals surface area contributed by atoms with E-state index in [0.29, 0.717) is 12.1 Å². The Kier molecular flexibility index (Phi) is 3.49. The Morgan fingerprint density at radius 1 is 1.28 bits per heavy atom. The minimum absolute atomic E-state index is 0.138. The molecular formula is C18H16FN5O. The molecule has 3 aromatic heterocycles. The van der Waals surface area contributed by atoms with Crippen LogP contribution in [-0.2, 0) is 13.6 Å². The van der Waals surface area contributed by atoms with E-state index in [9.17, 15) is 9.18 Å². The van der Waals surface area contributed by atoms with Gasteiger partial charge in [-0.3, -0.25) is 14.5 Å². The van der Waals surface area contributed by atoms with Gasteiger partial charge in [-0.05, 0) is 30.3 Å². The summed E-state index contributed by atoms with van der Waals surface area (Å²) in [5.74, 6) is -0.418. The third-order valence-corrected chi connectivity index (χ3v) is 4.24. The highest BCUT2D eigenvalue weighted by atomic mass is 19.1. The van der Waals surface area contributed by atoms with E-state index in [4.69, 9.17) is 0 Å². The molecule has 0 saturated carbocycles. The molecule has 6 nitrogen and oxygen atoms in total. The van der Waals surface area contributed by atoms with Crippen LogP contribution in [0.15, 0.2) is 42.7 Å². The Hall–Kier alpha value is -3.22. The van der Waals surface area contributed by atoms with Gasteiger partial charge in [0.1, 0.15) is 11.3 Å². The Labute approximate surface area is 142 Å². The average molecular weight is 337 g/mol. The predicted octanol–water partition coefficient (Wildman–Crippen LogP) is 2.86. The van der Waals surface area contributed by atoms with Gasteiger partial charge >= 0.3 is 0 Å². The summed E-state index contributed by atoms with van der Waals surface area (Å²) < 4.78 is 15.0. The minimum Gasteiger partial charge on any atom is -0.357 e. The second-order valence-corrected chi connectivity index (χ2v) is 6.08. The predicted molar refractivity (Wildman–Crippen MR) is 92.6 cm³/mol. The van der Waals surface area contributed by atoms with Crippen LogP contribution in [0.1, 0.15) is 16.1 Å². The fraction of sp³-hybridized carbons (Fsp3) is 0.167. The molecule has 0 radical (unpaired) electrons. The van der Waals surface area contributed by atoms with Crippen molar-refractivity contribution >= 4 is 27.8 Å². The molecule has 1 aromatic carbocycles. The van der Waals surface area contributed by atoms with E-state index >= 15 is 0 Å². The summed E-state index contributed by atoms with van der Waals surface area (Å²) in [5, 5.41) is 4.92. The molecule has 0 aliphatic heterocycles. The molecule has 0 unspecified atom stereocenters. The van der Waals surface area contributed by atoms with Gasteiger partial charge in [0.2, 0.25) is 0 Å². The number of carbonyl (C=O) groups excluding carboxylic acids is 1. The van der Waals surface area contributed by atoms with Gasteiger partial charge in [0, 0.05) is 36.9 Å². The summed E-state index contributed by atoms with van der Waals surface area (Å²) in [5.41, 5.74) is 3.74. The summed E-state index contributed by atoms with van der Waals surface area (Å²) >= 11 is 0. The zero-order valence-electron chi connectivity index (χ0n) is 13.8. The number of halogens is 1. The molecule has 4 aromatic rings. The van der Waals surface area contributed by atoms with Crippen LogP contribution in [-0.4, -0.2) is 37.6 Å². The van der Waals surface area contributed by atoms with Crippen LogP contribution >= 0.6 is 0 Å². The van der Waals surface area contributed by atoms with E-state index in [1.807, 2.05) is 13.1 Å². The van der Waals surface area contributed by atoms with Gasteiger partial charge in [0.15, 0.2) is 0 Å². The number of amides is 1. The maximum atomic E-state index is 13.3. The quantitative estimate of drug-likeness (QED) is 0.625. The van der Waals surface area contributed by atoms with Crippen LogP contribution < -0.4 is 0 Å². The van der Waals surface area contributed by atoms with Gasteiger partial charge in [-0.25, -0.2) is 4.39 Å². The van der Waals surface area contributed by atoms with E-state index in [2.05, 4.69) is 15.1 Å². The second kappa shape index (κ2) is 5.70. The lowest BCUT2D eigenvalue weighted by atomic mass is 10.2. The highest BCUT2D eigenvalue weighted by molar-refractivity contribution is 5.96. The van der Waals surface area contributed by atoms with Gasteiger partial charge in [0.05, 0.1) is 23.8 Å². The maximum Gasteiger partial charge on any atom is 0.255 e. The summed E-state index contributed by atoms with van der Waals surface area (Å²) in [7, 11) is 3.54. The number of hydrogen-bond donors (Lipinski definition) is 1. The molecule has 0 saturated heterocycles. The first-order valence-corrected chi connectivity index (χ1v) is 7.81. The largest absolute Gasteiger partial charge is 0.357 e. The summed E-state index contributed by atoms with van der Waals surface area (Å²) in [6, 6.07) is 8.21. The van der Waals surface area contributed by atoms with Crippen molar-refractivity contribution in [2.24, 2.45) is 7.05 Å². The first-order chi connectivity index (χ1) is 12.0. The first-order valence-electron chi connectivity index (χ1n) is 7.81. The molecule has 0 bridgehead atoms. The fourth-order valence-electron chi connectivity index (χ4n) is 2.94. The molecule has 1 amide bonds. The minimum atomic E-state index is -0.280. The summed E-state index contributed by atoms with van der Waals surface area (Å²) in [6.45, 7) is 0.387. The Bertz CT molecular complexity index is 1100. The number of nitrogens with zero attached hydrogens (tertiary/aromatic N) is 4. The third kappa shape index (κ3) is 2.73. The van der Waals surface area contributed by atoms with Crippen LogP contribution in [0.2, 0.25) is 0 Å². The van der Waals surface area contributed by atoms with Crippen LogP contribution in [0.5, 0.6) is 0 Å². The van der Waals surface area contributed by atoms with Crippen molar-refractivity contribution < 1.29 is 9.18 Å². The SMILES string of the molecule is CN(Cc1cc2cc(F)ccc2[nH]1)C(=O)c1cnc2cnn(C)c2c1. The summed E-state index contributed by atoms with van der Waals surface area (Å²) in [6.07, 6.45) is 3.22. The van der Waals surface area contributed by atoms with Gasteiger partial charge in [-0.2, -0.15) is 5.10 Å². The van der Waals surface area contributed by atoms with E-state index < -0.39 is 0 Å². The van der Waals surface area contributed by atoms with E-state index in [-0.39, 0.29) is 11.7 Å². The number of aromatic amines is 1. The van der Waals surface area contributed by atoms with Crippen molar-refractivity contribution in [3.8, 4) is 0 Å². The number of aryl methyl sites for hydroxylation is 1. The number of aromatic nitrogens is 4. The van der Waals surface area contributed by atoms with Crippen molar-refractivity contribution in [3.05, 3.63) is 59.8 Å². The average Bonchev–Trinajstić information content (AvgIpc) is 3.16. The second-order valence-electron chi connectivity index (χ2n) is 6.08. The molecule has 7 heteroatoms. The standard InChI is InChI=1S/C18H16FN5O/c1-23(10-14-6-11-5-13(19)3-4-15(11)22-14)18(25)12-7-17-16(20-8-12)9-21-24(17)2/h3-9,22H,10H2,1-2H3. The molecule has 126 valence electrons. The maximum absolute atomic E-state index is 13.3. The topological polar surface area (TPSA) is 66.8 Å². The van der Waals surface area contributed by atoms with Crippen LogP contribution in [0.3, 0.4) is 0 Å². The van der Waals surface area contributed by atoms with Crippen molar-refractivity contribution in [2.45, 2.75) is 6.54 Å². The normalized spacial score (nSPS) is 11.3. The molecule has 0 aliphatic rings. The number of fused-ring (bicyclic) bond motifs is 2. The van der Waals surface area contributed by atoms with Crippen molar-refractivity contribution in [1.82, 2.24) is 24.6 Å². The highest BCUT2D eigenvalue weighted by Gasteiger charge is 2.15. The van der Waals surface area contributed by atoms with Gasteiger partial charge in [-0.15, -0.1) is 0 Å². The molecule has 0 atom stereocenters. The molecular weight excluding hydrogens is 321 g/mol. The smallest absolute Gasteiger partial charge is 0.255 e. The zero-order chi connectivity index (χ0) is 17.6. The monoisotopic (exact) mass is 337 g/mol. The molecule has 25 heavy (non-hydrogen) atoms. The third-order valence-electron chi connectivity index (χ3n) is 4.24. The first kappa shape index (κ1) is 15.3. The van der Waals surface area contributed by atoms with Gasteiger partial charge in [0.25, 0.3) is 5.91 Å². The molecule has 4 rings (SSSR count). The summed E-state index contributed by atoms with van der Waals surface area (Å²) in [4.78, 5) is 21.8. The number of hydrogen-bond acceptors (Lipinski definition) is 3. The molecule has 1 N–H and O–H groups in total. The van der Waals surface area contributed by atoms with Crippen LogP contribution in [0.25, 0.3) is 21.9 Å². The van der Waals surface area contributed by atoms with Crippen molar-refractivity contribution in [3.63, 3.8) is 0 Å². The van der Waals surface area contributed by atoms with E-state index in [0.717, 1.165) is 27.6 Å². The Morgan fingerprint density at radius 3 is 2.96 bits per heavy atom. The van der Waals surface area contributed by atoms with Crippen LogP contribution in [0.4, 0.5) is 4.39 Å². The Morgan fingerprint density at radius 2 is 2.12 bits per heavy atom. The van der Waals surface area contributed by atoms with Crippen molar-refractivity contribution in [2.75, 3.05) is 7.05 Å². The highest BCUT2D eigenvalue weighted by Crippen LogP contribution is 2.19. The number of rotatable bonds is 3. The molecule has 3 heterocycles. The van der Waals surface area contributed by atoms with Crippen LogP contribution in [0, 0.1) is 5.82 Å².